The molecule has 0 spiro atoms. The fourth-order valence-corrected chi connectivity index (χ4v) is 2.82. The van der Waals surface area contributed by atoms with Crippen molar-refractivity contribution < 1.29 is 14.4 Å². The van der Waals surface area contributed by atoms with Crippen molar-refractivity contribution in [3.63, 3.8) is 0 Å². The van der Waals surface area contributed by atoms with E-state index in [0.717, 1.165) is 0 Å². The number of benzene rings is 2. The molecule has 0 aliphatic heterocycles. The van der Waals surface area contributed by atoms with Gasteiger partial charge in [0.25, 0.3) is 0 Å². The molecule has 0 saturated carbocycles. The summed E-state index contributed by atoms with van der Waals surface area (Å²) < 4.78 is 0. The number of ketones is 3. The zero-order chi connectivity index (χ0) is 15.0. The van der Waals surface area contributed by atoms with Gasteiger partial charge in [0.1, 0.15) is 0 Å². The smallest absolute Gasteiger partial charge is 0.195 e. The Morgan fingerprint density at radius 1 is 0.857 bits per heavy atom. The van der Waals surface area contributed by atoms with Gasteiger partial charge in [-0.05, 0) is 5.75 Å². The van der Waals surface area contributed by atoms with E-state index in [2.05, 4.69) is 12.6 Å². The summed E-state index contributed by atoms with van der Waals surface area (Å²) in [4.78, 5) is 37.3. The van der Waals surface area contributed by atoms with Crippen LogP contribution in [0.2, 0.25) is 0 Å². The molecule has 0 atom stereocenters. The fraction of sp³-hybridized carbons (Fsp3) is 0.118. The topological polar surface area (TPSA) is 51.2 Å². The van der Waals surface area contributed by atoms with Gasteiger partial charge in [0, 0.05) is 34.2 Å². The first-order valence-electron chi connectivity index (χ1n) is 6.60. The van der Waals surface area contributed by atoms with E-state index in [1.807, 2.05) is 0 Å². The Bertz CT molecular complexity index is 777. The van der Waals surface area contributed by atoms with Crippen LogP contribution < -0.4 is 0 Å². The minimum absolute atomic E-state index is 0.164. The maximum atomic E-state index is 12.7. The molecule has 0 amide bonds. The fourth-order valence-electron chi connectivity index (χ4n) is 2.61. The zero-order valence-corrected chi connectivity index (χ0v) is 12.0. The Balaban J connectivity index is 2.24. The third-order valence-electron chi connectivity index (χ3n) is 3.59. The summed E-state index contributed by atoms with van der Waals surface area (Å²) >= 11 is 4.05. The van der Waals surface area contributed by atoms with Gasteiger partial charge in [-0.3, -0.25) is 14.4 Å². The van der Waals surface area contributed by atoms with Gasteiger partial charge in [-0.15, -0.1) is 0 Å². The maximum absolute atomic E-state index is 12.7. The number of Topliss-reactive ketones (excluding diaryl/α,β-unsaturated/α-hetero) is 1. The minimum Gasteiger partial charge on any atom is -0.294 e. The van der Waals surface area contributed by atoms with Crippen LogP contribution in [-0.4, -0.2) is 23.1 Å². The Hall–Kier alpha value is -2.20. The quantitative estimate of drug-likeness (QED) is 0.597. The first-order valence-corrected chi connectivity index (χ1v) is 7.24. The van der Waals surface area contributed by atoms with E-state index in [0.29, 0.717) is 28.0 Å². The van der Waals surface area contributed by atoms with Crippen molar-refractivity contribution in [2.75, 3.05) is 5.75 Å². The number of thiol groups is 1. The van der Waals surface area contributed by atoms with Crippen LogP contribution in [0, 0.1) is 0 Å². The molecular weight excluding hydrogens is 284 g/mol. The van der Waals surface area contributed by atoms with Crippen molar-refractivity contribution in [1.82, 2.24) is 0 Å². The van der Waals surface area contributed by atoms with E-state index in [1.54, 1.807) is 42.5 Å². The molecule has 0 bridgehead atoms. The molecule has 0 unspecified atom stereocenters. The second kappa shape index (κ2) is 5.30. The molecule has 3 nitrogen and oxygen atoms in total. The molecule has 0 aromatic heterocycles. The van der Waals surface area contributed by atoms with Crippen molar-refractivity contribution in [2.24, 2.45) is 0 Å². The maximum Gasteiger partial charge on any atom is 0.195 e. The number of carbonyl (C=O) groups is 3. The molecule has 2 aromatic rings. The molecule has 0 saturated heterocycles. The highest BCUT2D eigenvalue weighted by Crippen LogP contribution is 2.29. The van der Waals surface area contributed by atoms with Crippen LogP contribution in [0.1, 0.15) is 48.6 Å². The van der Waals surface area contributed by atoms with E-state index >= 15 is 0 Å². The molecular formula is C17H12O3S. The highest BCUT2D eigenvalue weighted by molar-refractivity contribution is 7.80. The summed E-state index contributed by atoms with van der Waals surface area (Å²) in [5, 5.41) is 0. The van der Waals surface area contributed by atoms with E-state index in [4.69, 9.17) is 0 Å². The number of rotatable bonds is 3. The Morgan fingerprint density at radius 2 is 1.48 bits per heavy atom. The summed E-state index contributed by atoms with van der Waals surface area (Å²) in [6, 6.07) is 11.5. The van der Waals surface area contributed by atoms with Gasteiger partial charge < -0.3 is 0 Å². The van der Waals surface area contributed by atoms with Crippen LogP contribution in [0.15, 0.2) is 42.5 Å². The SMILES string of the molecule is O=C(CCS)c1cccc2c1C(=O)c1ccccc1C2=O. The normalized spacial score (nSPS) is 12.8. The van der Waals surface area contributed by atoms with Crippen LogP contribution in [-0.2, 0) is 0 Å². The average Bonchev–Trinajstić information content (AvgIpc) is 2.52. The van der Waals surface area contributed by atoms with Gasteiger partial charge in [-0.1, -0.05) is 42.5 Å². The highest BCUT2D eigenvalue weighted by Gasteiger charge is 2.32. The van der Waals surface area contributed by atoms with Crippen molar-refractivity contribution in [1.29, 1.82) is 0 Å². The van der Waals surface area contributed by atoms with Crippen LogP contribution in [0.25, 0.3) is 0 Å². The molecule has 21 heavy (non-hydrogen) atoms. The predicted molar refractivity (Wildman–Crippen MR) is 82.5 cm³/mol. The van der Waals surface area contributed by atoms with Crippen LogP contribution >= 0.6 is 12.6 Å². The number of hydrogen-bond acceptors (Lipinski definition) is 4. The number of hydrogen-bond donors (Lipinski definition) is 1. The molecule has 4 heteroatoms. The van der Waals surface area contributed by atoms with Gasteiger partial charge in [-0.2, -0.15) is 12.6 Å². The predicted octanol–water partition coefficient (Wildman–Crippen LogP) is 2.96. The molecule has 104 valence electrons. The molecule has 0 N–H and O–H groups in total. The Labute approximate surface area is 127 Å². The van der Waals surface area contributed by atoms with Crippen LogP contribution in [0.4, 0.5) is 0 Å². The second-order valence-corrected chi connectivity index (χ2v) is 5.28. The lowest BCUT2D eigenvalue weighted by molar-refractivity contribution is 0.0959. The van der Waals surface area contributed by atoms with Gasteiger partial charge in [0.15, 0.2) is 17.3 Å². The molecule has 0 heterocycles. The summed E-state index contributed by atoms with van der Waals surface area (Å²) in [6.07, 6.45) is 0.239. The van der Waals surface area contributed by atoms with Crippen LogP contribution in [0.5, 0.6) is 0 Å². The summed E-state index contributed by atoms with van der Waals surface area (Å²) in [5.41, 5.74) is 1.61. The summed E-state index contributed by atoms with van der Waals surface area (Å²) in [5.74, 6) is -0.229. The van der Waals surface area contributed by atoms with E-state index < -0.39 is 0 Å². The average molecular weight is 296 g/mol. The molecule has 1 aliphatic rings. The molecule has 2 aromatic carbocycles. The zero-order valence-electron chi connectivity index (χ0n) is 11.1. The van der Waals surface area contributed by atoms with Gasteiger partial charge in [-0.25, -0.2) is 0 Å². The van der Waals surface area contributed by atoms with Crippen LogP contribution in [0.3, 0.4) is 0 Å². The number of carbonyl (C=O) groups excluding carboxylic acids is 3. The van der Waals surface area contributed by atoms with Gasteiger partial charge in [0.2, 0.25) is 0 Å². The first kappa shape index (κ1) is 13.8. The third kappa shape index (κ3) is 2.12. The van der Waals surface area contributed by atoms with Crippen molar-refractivity contribution >= 4 is 30.0 Å². The highest BCUT2D eigenvalue weighted by atomic mass is 32.1. The summed E-state index contributed by atoms with van der Waals surface area (Å²) in [6.45, 7) is 0. The van der Waals surface area contributed by atoms with Gasteiger partial charge in [0.05, 0.1) is 0 Å². The largest absolute Gasteiger partial charge is 0.294 e. The number of fused-ring (bicyclic) bond motifs is 2. The van der Waals surface area contributed by atoms with E-state index in [1.165, 1.54) is 0 Å². The lowest BCUT2D eigenvalue weighted by atomic mass is 9.81. The standard InChI is InChI=1S/C17H12O3S/c18-14(8-9-21)12-6-3-7-13-15(12)17(20)11-5-2-1-4-10(11)16(13)19/h1-7,21H,8-9H2. The van der Waals surface area contributed by atoms with E-state index in [9.17, 15) is 14.4 Å². The van der Waals surface area contributed by atoms with Gasteiger partial charge >= 0.3 is 0 Å². The van der Waals surface area contributed by atoms with Crippen molar-refractivity contribution in [3.8, 4) is 0 Å². The Kier molecular flexibility index (Phi) is 3.47. The van der Waals surface area contributed by atoms with Crippen molar-refractivity contribution in [3.05, 3.63) is 70.3 Å². The molecule has 1 aliphatic carbocycles. The molecule has 0 fully saturated rings. The lowest BCUT2D eigenvalue weighted by Crippen LogP contribution is -2.23. The van der Waals surface area contributed by atoms with E-state index in [-0.39, 0.29) is 29.3 Å². The molecule has 3 rings (SSSR count). The Morgan fingerprint density at radius 3 is 2.14 bits per heavy atom. The second-order valence-electron chi connectivity index (χ2n) is 4.83. The third-order valence-corrected chi connectivity index (χ3v) is 3.82. The minimum atomic E-state index is -0.261. The molecule has 0 radical (unpaired) electrons. The van der Waals surface area contributed by atoms with Crippen molar-refractivity contribution in [2.45, 2.75) is 6.42 Å². The summed E-state index contributed by atoms with van der Waals surface area (Å²) in [7, 11) is 0. The first-order chi connectivity index (χ1) is 10.1. The lowest BCUT2D eigenvalue weighted by Gasteiger charge is -2.19. The monoisotopic (exact) mass is 296 g/mol.